The van der Waals surface area contributed by atoms with Crippen LogP contribution in [0.2, 0.25) is 0 Å². The molecule has 0 spiro atoms. The Morgan fingerprint density at radius 2 is 1.88 bits per heavy atom. The van der Waals surface area contributed by atoms with Gasteiger partial charge < -0.3 is 15.4 Å². The Hall–Kier alpha value is -2.70. The van der Waals surface area contributed by atoms with Crippen LogP contribution >= 0.6 is 0 Å². The molecule has 0 bridgehead atoms. The van der Waals surface area contributed by atoms with Crippen molar-refractivity contribution in [2.75, 3.05) is 0 Å². The van der Waals surface area contributed by atoms with Crippen LogP contribution in [-0.2, 0) is 0 Å². The third kappa shape index (κ3) is 3.98. The molecule has 0 saturated heterocycles. The van der Waals surface area contributed by atoms with Crippen molar-refractivity contribution in [3.8, 4) is 0 Å². The largest absolute Gasteiger partial charge is 0.358 e. The Kier molecular flexibility index (Phi) is 5.68. The van der Waals surface area contributed by atoms with E-state index in [0.29, 0.717) is 12.3 Å². The Bertz CT molecular complexity index is 709. The number of aromatic nitrogens is 2. The molecule has 2 unspecified atom stereocenters. The summed E-state index contributed by atoms with van der Waals surface area (Å²) in [5.41, 5.74) is 2.28. The van der Waals surface area contributed by atoms with Crippen LogP contribution in [0, 0.1) is 10.1 Å². The number of hydrogen-bond acceptors (Lipinski definition) is 4. The molecule has 2 atom stereocenters. The van der Waals surface area contributed by atoms with Gasteiger partial charge in [-0.2, -0.15) is 0 Å². The molecule has 1 heterocycles. The van der Waals surface area contributed by atoms with E-state index in [1.807, 2.05) is 19.1 Å². The monoisotopic (exact) mass is 330 g/mol. The van der Waals surface area contributed by atoms with E-state index in [4.69, 9.17) is 0 Å². The first-order valence-electron chi connectivity index (χ1n) is 8.06. The zero-order chi connectivity index (χ0) is 17.7. The fourth-order valence-electron chi connectivity index (χ4n) is 2.47. The molecular weight excluding hydrogens is 308 g/mol. The third-order valence-electron chi connectivity index (χ3n) is 4.23. The number of carbonyl (C=O) groups is 1. The first kappa shape index (κ1) is 17.7. The quantitative estimate of drug-likeness (QED) is 0.597. The molecule has 1 aromatic carbocycles. The third-order valence-corrected chi connectivity index (χ3v) is 4.23. The predicted molar refractivity (Wildman–Crippen MR) is 90.9 cm³/mol. The lowest BCUT2D eigenvalue weighted by molar-refractivity contribution is -0.389. The summed E-state index contributed by atoms with van der Waals surface area (Å²) in [6.45, 7) is 6.30. The SMILES string of the molecule is CCC(C)c1ccc(C(CC)NC(=O)c2cc([N+](=O)[O-])[nH]n2)cc1. The van der Waals surface area contributed by atoms with Gasteiger partial charge >= 0.3 is 5.82 Å². The molecule has 2 rings (SSSR count). The zero-order valence-corrected chi connectivity index (χ0v) is 14.1. The predicted octanol–water partition coefficient (Wildman–Crippen LogP) is 3.71. The van der Waals surface area contributed by atoms with Crippen LogP contribution in [-0.4, -0.2) is 21.0 Å². The summed E-state index contributed by atoms with van der Waals surface area (Å²) >= 11 is 0. The first-order chi connectivity index (χ1) is 11.5. The van der Waals surface area contributed by atoms with Gasteiger partial charge in [-0.3, -0.25) is 4.79 Å². The lowest BCUT2D eigenvalue weighted by Crippen LogP contribution is -2.28. The second-order valence-corrected chi connectivity index (χ2v) is 5.81. The van der Waals surface area contributed by atoms with Gasteiger partial charge in [0.15, 0.2) is 5.69 Å². The summed E-state index contributed by atoms with van der Waals surface area (Å²) in [4.78, 5) is 22.3. The van der Waals surface area contributed by atoms with Crippen LogP contribution in [0.15, 0.2) is 30.3 Å². The molecule has 24 heavy (non-hydrogen) atoms. The van der Waals surface area contributed by atoms with Crippen molar-refractivity contribution < 1.29 is 9.72 Å². The van der Waals surface area contributed by atoms with Gasteiger partial charge in [0.25, 0.3) is 5.91 Å². The molecule has 128 valence electrons. The minimum atomic E-state index is -0.616. The molecule has 1 amide bonds. The Labute approximate surface area is 140 Å². The van der Waals surface area contributed by atoms with Crippen molar-refractivity contribution in [2.24, 2.45) is 0 Å². The number of nitrogens with zero attached hydrogens (tertiary/aromatic N) is 2. The number of nitro groups is 1. The van der Waals surface area contributed by atoms with Crippen molar-refractivity contribution in [3.63, 3.8) is 0 Å². The van der Waals surface area contributed by atoms with Crippen LogP contribution in [0.5, 0.6) is 0 Å². The normalized spacial score (nSPS) is 13.3. The summed E-state index contributed by atoms with van der Waals surface area (Å²) in [6.07, 6.45) is 1.78. The number of H-pyrrole nitrogens is 1. The van der Waals surface area contributed by atoms with E-state index < -0.39 is 10.8 Å². The maximum atomic E-state index is 12.2. The molecule has 0 aliphatic rings. The number of benzene rings is 1. The van der Waals surface area contributed by atoms with E-state index in [9.17, 15) is 14.9 Å². The summed E-state index contributed by atoms with van der Waals surface area (Å²) in [5, 5.41) is 19.4. The number of aromatic amines is 1. The smallest absolute Gasteiger partial charge is 0.343 e. The van der Waals surface area contributed by atoms with Gasteiger partial charge in [-0.15, -0.1) is 5.10 Å². The second-order valence-electron chi connectivity index (χ2n) is 5.81. The van der Waals surface area contributed by atoms with Crippen LogP contribution in [0.3, 0.4) is 0 Å². The average molecular weight is 330 g/mol. The van der Waals surface area contributed by atoms with Crippen molar-refractivity contribution in [2.45, 2.75) is 45.6 Å². The van der Waals surface area contributed by atoms with Crippen molar-refractivity contribution >= 4 is 11.7 Å². The van der Waals surface area contributed by atoms with Gasteiger partial charge in [0, 0.05) is 0 Å². The van der Waals surface area contributed by atoms with Gasteiger partial charge in [0.1, 0.15) is 0 Å². The average Bonchev–Trinajstić information content (AvgIpc) is 3.09. The van der Waals surface area contributed by atoms with Gasteiger partial charge in [-0.1, -0.05) is 50.1 Å². The first-order valence-corrected chi connectivity index (χ1v) is 8.06. The van der Waals surface area contributed by atoms with E-state index in [2.05, 4.69) is 41.5 Å². The summed E-state index contributed by atoms with van der Waals surface area (Å²) in [5.74, 6) is -0.235. The van der Waals surface area contributed by atoms with E-state index in [-0.39, 0.29) is 17.6 Å². The van der Waals surface area contributed by atoms with Crippen LogP contribution in [0.4, 0.5) is 5.82 Å². The Balaban J connectivity index is 2.10. The molecule has 0 aliphatic carbocycles. The summed E-state index contributed by atoms with van der Waals surface area (Å²) in [6, 6.07) is 9.16. The molecule has 7 nitrogen and oxygen atoms in total. The minimum Gasteiger partial charge on any atom is -0.358 e. The molecule has 0 fully saturated rings. The number of hydrogen-bond donors (Lipinski definition) is 2. The maximum absolute atomic E-state index is 12.2. The number of amides is 1. The number of nitrogens with one attached hydrogen (secondary N) is 2. The topological polar surface area (TPSA) is 101 Å². The van der Waals surface area contributed by atoms with Gasteiger partial charge in [-0.05, 0) is 34.8 Å². The standard InChI is InChI=1S/C17H22N4O3/c1-4-11(3)12-6-8-13(9-7-12)14(5-2)18-17(22)15-10-16(20-19-15)21(23)24/h6-11,14H,4-5H2,1-3H3,(H,18,22)(H,19,20). The Morgan fingerprint density at radius 1 is 1.25 bits per heavy atom. The highest BCUT2D eigenvalue weighted by atomic mass is 16.6. The maximum Gasteiger partial charge on any atom is 0.343 e. The molecule has 2 N–H and O–H groups in total. The summed E-state index contributed by atoms with van der Waals surface area (Å²) < 4.78 is 0. The minimum absolute atomic E-state index is 0.0105. The molecule has 0 radical (unpaired) electrons. The Morgan fingerprint density at radius 3 is 2.38 bits per heavy atom. The highest BCUT2D eigenvalue weighted by Crippen LogP contribution is 2.23. The van der Waals surface area contributed by atoms with E-state index in [1.54, 1.807) is 0 Å². The van der Waals surface area contributed by atoms with Crippen molar-refractivity contribution in [1.29, 1.82) is 0 Å². The van der Waals surface area contributed by atoms with Crippen molar-refractivity contribution in [3.05, 3.63) is 57.3 Å². The number of rotatable bonds is 7. The van der Waals surface area contributed by atoms with E-state index in [0.717, 1.165) is 18.1 Å². The molecular formula is C17H22N4O3. The zero-order valence-electron chi connectivity index (χ0n) is 14.1. The van der Waals surface area contributed by atoms with E-state index in [1.165, 1.54) is 5.56 Å². The van der Waals surface area contributed by atoms with Crippen LogP contribution < -0.4 is 5.32 Å². The highest BCUT2D eigenvalue weighted by molar-refractivity contribution is 5.93. The molecule has 7 heteroatoms. The molecule has 0 aliphatic heterocycles. The lowest BCUT2D eigenvalue weighted by atomic mass is 9.95. The second kappa shape index (κ2) is 7.72. The number of carbonyl (C=O) groups excluding carboxylic acids is 1. The van der Waals surface area contributed by atoms with Crippen LogP contribution in [0.1, 0.15) is 67.2 Å². The van der Waals surface area contributed by atoms with Gasteiger partial charge in [0.05, 0.1) is 12.1 Å². The molecule has 1 aromatic heterocycles. The summed E-state index contributed by atoms with van der Waals surface area (Å²) in [7, 11) is 0. The van der Waals surface area contributed by atoms with E-state index >= 15 is 0 Å². The van der Waals surface area contributed by atoms with Gasteiger partial charge in [-0.25, -0.2) is 0 Å². The molecule has 2 aromatic rings. The van der Waals surface area contributed by atoms with Gasteiger partial charge in [0.2, 0.25) is 0 Å². The fraction of sp³-hybridized carbons (Fsp3) is 0.412. The van der Waals surface area contributed by atoms with Crippen LogP contribution in [0.25, 0.3) is 0 Å². The lowest BCUT2D eigenvalue weighted by Gasteiger charge is -2.18. The van der Waals surface area contributed by atoms with Crippen molar-refractivity contribution in [1.82, 2.24) is 15.5 Å². The molecule has 0 saturated carbocycles. The highest BCUT2D eigenvalue weighted by Gasteiger charge is 2.20. The fourth-order valence-corrected chi connectivity index (χ4v) is 2.47.